The normalized spacial score (nSPS) is 29.1. The van der Waals surface area contributed by atoms with Crippen LogP contribution in [0.15, 0.2) is 24.3 Å². The van der Waals surface area contributed by atoms with Crippen molar-refractivity contribution in [3.8, 4) is 0 Å². The maximum absolute atomic E-state index is 12.4. The van der Waals surface area contributed by atoms with Gasteiger partial charge in [0, 0.05) is 0 Å². The van der Waals surface area contributed by atoms with Gasteiger partial charge in [0.25, 0.3) is 0 Å². The van der Waals surface area contributed by atoms with Crippen molar-refractivity contribution in [2.45, 2.75) is 32.9 Å². The highest BCUT2D eigenvalue weighted by molar-refractivity contribution is 6.05. The molecule has 0 bridgehead atoms. The third-order valence-electron chi connectivity index (χ3n) is 4.48. The second-order valence-electron chi connectivity index (χ2n) is 6.03. The number of carbonyl (C=O) groups excluding carboxylic acids is 2. The van der Waals surface area contributed by atoms with Crippen molar-refractivity contribution in [3.63, 3.8) is 0 Å². The molecule has 2 fully saturated rings. The van der Waals surface area contributed by atoms with Gasteiger partial charge in [0.1, 0.15) is 0 Å². The van der Waals surface area contributed by atoms with Crippen LogP contribution in [0.1, 0.15) is 30.9 Å². The second-order valence-corrected chi connectivity index (χ2v) is 6.03. The fourth-order valence-electron chi connectivity index (χ4n) is 3.51. The molecule has 2 aliphatic rings. The van der Waals surface area contributed by atoms with Crippen LogP contribution < -0.4 is 0 Å². The Hall–Kier alpha value is -1.68. The summed E-state index contributed by atoms with van der Waals surface area (Å²) < 4.78 is 0. The highest BCUT2D eigenvalue weighted by Crippen LogP contribution is 2.43. The first-order chi connectivity index (χ1) is 9.60. The van der Waals surface area contributed by atoms with Gasteiger partial charge in [0.2, 0.25) is 11.8 Å². The molecule has 1 aliphatic heterocycles. The summed E-state index contributed by atoms with van der Waals surface area (Å²) in [7, 11) is 0. The van der Waals surface area contributed by atoms with Crippen LogP contribution in [0.5, 0.6) is 0 Å². The number of benzene rings is 1. The van der Waals surface area contributed by atoms with Gasteiger partial charge in [-0.1, -0.05) is 31.2 Å². The monoisotopic (exact) mass is 273 g/mol. The minimum atomic E-state index is -0.0986. The first-order valence-electron chi connectivity index (χ1n) is 7.14. The minimum absolute atomic E-state index is 0.0150. The summed E-state index contributed by atoms with van der Waals surface area (Å²) in [5, 5.41) is 9.14. The maximum Gasteiger partial charge on any atom is 0.233 e. The van der Waals surface area contributed by atoms with E-state index >= 15 is 0 Å². The average molecular weight is 273 g/mol. The minimum Gasteiger partial charge on any atom is -0.392 e. The van der Waals surface area contributed by atoms with Gasteiger partial charge in [-0.25, -0.2) is 0 Å². The van der Waals surface area contributed by atoms with Gasteiger partial charge in [-0.15, -0.1) is 0 Å². The zero-order valence-electron chi connectivity index (χ0n) is 11.6. The molecule has 1 aromatic carbocycles. The molecule has 0 spiro atoms. The smallest absolute Gasteiger partial charge is 0.233 e. The average Bonchev–Trinajstić information content (AvgIpc) is 2.93. The first kappa shape index (κ1) is 13.3. The van der Waals surface area contributed by atoms with Crippen molar-refractivity contribution >= 4 is 11.8 Å². The number of hydrogen-bond acceptors (Lipinski definition) is 3. The topological polar surface area (TPSA) is 57.6 Å². The standard InChI is InChI=1S/C16H19NO3/c1-10-5-13-14(6-10)16(20)17(15(13)19)8-11-3-2-4-12(7-11)9-18/h2-4,7,10,13-14,18H,5-6,8-9H2,1H3. The lowest BCUT2D eigenvalue weighted by Gasteiger charge is -2.17. The fourth-order valence-corrected chi connectivity index (χ4v) is 3.51. The van der Waals surface area contributed by atoms with Crippen LogP contribution in [0.25, 0.3) is 0 Å². The number of fused-ring (bicyclic) bond motifs is 1. The van der Waals surface area contributed by atoms with E-state index in [1.54, 1.807) is 0 Å². The van der Waals surface area contributed by atoms with Crippen molar-refractivity contribution in [1.82, 2.24) is 4.90 Å². The zero-order chi connectivity index (χ0) is 14.3. The largest absolute Gasteiger partial charge is 0.392 e. The number of nitrogens with zero attached hydrogens (tertiary/aromatic N) is 1. The summed E-state index contributed by atoms with van der Waals surface area (Å²) in [5.41, 5.74) is 1.70. The van der Waals surface area contributed by atoms with Gasteiger partial charge in [-0.05, 0) is 29.9 Å². The van der Waals surface area contributed by atoms with Crippen LogP contribution in [0, 0.1) is 17.8 Å². The summed E-state index contributed by atoms with van der Waals surface area (Å²) >= 11 is 0. The van der Waals surface area contributed by atoms with E-state index in [1.165, 1.54) is 4.90 Å². The lowest BCUT2D eigenvalue weighted by Crippen LogP contribution is -2.31. The SMILES string of the molecule is CC1CC2C(=O)N(Cc3cccc(CO)c3)C(=O)C2C1. The third-order valence-corrected chi connectivity index (χ3v) is 4.48. The van der Waals surface area contributed by atoms with Gasteiger partial charge < -0.3 is 5.11 Å². The summed E-state index contributed by atoms with van der Waals surface area (Å²) in [6.45, 7) is 2.40. The molecule has 0 radical (unpaired) electrons. The Kier molecular flexibility index (Phi) is 3.34. The number of likely N-dealkylation sites (tertiary alicyclic amines) is 1. The van der Waals surface area contributed by atoms with Crippen molar-refractivity contribution in [2.75, 3.05) is 0 Å². The molecule has 3 rings (SSSR count). The van der Waals surface area contributed by atoms with E-state index < -0.39 is 0 Å². The molecule has 2 unspecified atom stereocenters. The molecule has 2 atom stereocenters. The number of hydrogen-bond donors (Lipinski definition) is 1. The van der Waals surface area contributed by atoms with Gasteiger partial charge in [-0.2, -0.15) is 0 Å². The van der Waals surface area contributed by atoms with Crippen molar-refractivity contribution < 1.29 is 14.7 Å². The highest BCUT2D eigenvalue weighted by Gasteiger charge is 2.51. The zero-order valence-corrected chi connectivity index (χ0v) is 11.6. The van der Waals surface area contributed by atoms with E-state index in [0.29, 0.717) is 12.5 Å². The van der Waals surface area contributed by atoms with Crippen LogP contribution in [0.3, 0.4) is 0 Å². The van der Waals surface area contributed by atoms with Crippen molar-refractivity contribution in [2.24, 2.45) is 17.8 Å². The Morgan fingerprint density at radius 3 is 2.35 bits per heavy atom. The third kappa shape index (κ3) is 2.14. The van der Waals surface area contributed by atoms with E-state index in [-0.39, 0.29) is 30.3 Å². The molecule has 0 aromatic heterocycles. The molecule has 1 saturated carbocycles. The van der Waals surface area contributed by atoms with E-state index in [0.717, 1.165) is 24.0 Å². The molecule has 1 aliphatic carbocycles. The summed E-state index contributed by atoms with van der Waals surface area (Å²) in [6, 6.07) is 7.40. The van der Waals surface area contributed by atoms with E-state index in [4.69, 9.17) is 5.11 Å². The predicted octanol–water partition coefficient (Wildman–Crippen LogP) is 1.71. The van der Waals surface area contributed by atoms with Crippen LogP contribution in [0.4, 0.5) is 0 Å². The van der Waals surface area contributed by atoms with Gasteiger partial charge in [0.15, 0.2) is 0 Å². The highest BCUT2D eigenvalue weighted by atomic mass is 16.3. The quantitative estimate of drug-likeness (QED) is 0.853. The number of imide groups is 1. The van der Waals surface area contributed by atoms with Gasteiger partial charge in [0.05, 0.1) is 25.0 Å². The molecular weight excluding hydrogens is 254 g/mol. The summed E-state index contributed by atoms with van der Waals surface area (Å²) in [4.78, 5) is 26.1. The van der Waals surface area contributed by atoms with E-state index in [9.17, 15) is 9.59 Å². The second kappa shape index (κ2) is 5.02. The van der Waals surface area contributed by atoms with Gasteiger partial charge >= 0.3 is 0 Å². The Morgan fingerprint density at radius 1 is 1.15 bits per heavy atom. The summed E-state index contributed by atoms with van der Waals surface area (Å²) in [6.07, 6.45) is 1.67. The fraction of sp³-hybridized carbons (Fsp3) is 0.500. The van der Waals surface area contributed by atoms with Crippen molar-refractivity contribution in [3.05, 3.63) is 35.4 Å². The molecule has 4 nitrogen and oxygen atoms in total. The Balaban J connectivity index is 1.78. The molecule has 1 heterocycles. The molecule has 1 aromatic rings. The van der Waals surface area contributed by atoms with Crippen LogP contribution >= 0.6 is 0 Å². The molecule has 20 heavy (non-hydrogen) atoms. The summed E-state index contributed by atoms with van der Waals surface area (Å²) in [5.74, 6) is 0.243. The van der Waals surface area contributed by atoms with Crippen LogP contribution in [-0.4, -0.2) is 21.8 Å². The van der Waals surface area contributed by atoms with Crippen molar-refractivity contribution in [1.29, 1.82) is 0 Å². The Morgan fingerprint density at radius 2 is 1.75 bits per heavy atom. The molecule has 2 amide bonds. The molecule has 106 valence electrons. The Bertz CT molecular complexity index is 530. The van der Waals surface area contributed by atoms with Crippen LogP contribution in [-0.2, 0) is 22.7 Å². The first-order valence-corrected chi connectivity index (χ1v) is 7.14. The van der Waals surface area contributed by atoms with E-state index in [2.05, 4.69) is 6.92 Å². The molecular formula is C16H19NO3. The number of aliphatic hydroxyl groups excluding tert-OH is 1. The van der Waals surface area contributed by atoms with Crippen LogP contribution in [0.2, 0.25) is 0 Å². The number of aliphatic hydroxyl groups is 1. The number of rotatable bonds is 3. The predicted molar refractivity (Wildman–Crippen MR) is 73.3 cm³/mol. The lowest BCUT2D eigenvalue weighted by molar-refractivity contribution is -0.141. The lowest BCUT2D eigenvalue weighted by atomic mass is 10.00. The van der Waals surface area contributed by atoms with E-state index in [1.807, 2.05) is 24.3 Å². The molecule has 1 saturated heterocycles. The Labute approximate surface area is 118 Å². The number of amides is 2. The maximum atomic E-state index is 12.4. The molecule has 1 N–H and O–H groups in total. The number of carbonyl (C=O) groups is 2. The van der Waals surface area contributed by atoms with Gasteiger partial charge in [-0.3, -0.25) is 14.5 Å². The molecule has 4 heteroatoms.